The van der Waals surface area contributed by atoms with Gasteiger partial charge in [0, 0.05) is 37.1 Å². The van der Waals surface area contributed by atoms with E-state index in [0.29, 0.717) is 23.7 Å². The number of hydrogen-bond donors (Lipinski definition) is 0. The molecular formula is C21H23N3O2. The third kappa shape index (κ3) is 3.09. The van der Waals surface area contributed by atoms with Gasteiger partial charge in [-0.2, -0.15) is 0 Å². The smallest absolute Gasteiger partial charge is 0.272 e. The minimum Gasteiger partial charge on any atom is -0.337 e. The van der Waals surface area contributed by atoms with Crippen molar-refractivity contribution in [3.05, 3.63) is 59.4 Å². The average molecular weight is 349 g/mol. The number of hydrogen-bond acceptors (Lipinski definition) is 3. The van der Waals surface area contributed by atoms with E-state index >= 15 is 0 Å². The van der Waals surface area contributed by atoms with Gasteiger partial charge in [0.25, 0.3) is 11.8 Å². The third-order valence-electron chi connectivity index (χ3n) is 5.43. The highest BCUT2D eigenvalue weighted by molar-refractivity contribution is 6.08. The summed E-state index contributed by atoms with van der Waals surface area (Å²) in [5, 5.41) is 0. The second-order valence-corrected chi connectivity index (χ2v) is 7.24. The molecule has 2 aromatic rings. The van der Waals surface area contributed by atoms with E-state index in [2.05, 4.69) is 18.0 Å². The fraction of sp³-hybridized carbons (Fsp3) is 0.381. The van der Waals surface area contributed by atoms with Gasteiger partial charge in [0.2, 0.25) is 0 Å². The Balaban J connectivity index is 1.54. The van der Waals surface area contributed by atoms with Crippen LogP contribution in [0.15, 0.2) is 42.6 Å². The van der Waals surface area contributed by atoms with E-state index in [1.807, 2.05) is 23.1 Å². The highest BCUT2D eigenvalue weighted by Crippen LogP contribution is 2.29. The number of pyridine rings is 1. The first-order chi connectivity index (χ1) is 12.6. The molecule has 26 heavy (non-hydrogen) atoms. The molecule has 0 saturated carbocycles. The number of rotatable bonds is 2. The van der Waals surface area contributed by atoms with E-state index in [1.165, 1.54) is 5.56 Å². The number of carbonyl (C=O) groups is 2. The Kier molecular flexibility index (Phi) is 4.45. The van der Waals surface area contributed by atoms with E-state index in [-0.39, 0.29) is 11.8 Å². The molecule has 0 bridgehead atoms. The summed E-state index contributed by atoms with van der Waals surface area (Å²) in [5.41, 5.74) is 3.03. The summed E-state index contributed by atoms with van der Waals surface area (Å²) in [6.45, 7) is 4.42. The largest absolute Gasteiger partial charge is 0.337 e. The summed E-state index contributed by atoms with van der Waals surface area (Å²) in [6, 6.07) is 11.3. The van der Waals surface area contributed by atoms with Crippen molar-refractivity contribution in [2.75, 3.05) is 24.5 Å². The lowest BCUT2D eigenvalue weighted by molar-refractivity contribution is 0.0691. The first kappa shape index (κ1) is 16.8. The maximum absolute atomic E-state index is 13.0. The topological polar surface area (TPSA) is 53.5 Å². The molecule has 2 amide bonds. The van der Waals surface area contributed by atoms with Crippen LogP contribution in [0.5, 0.6) is 0 Å². The maximum atomic E-state index is 13.0. The molecule has 1 aromatic heterocycles. The van der Waals surface area contributed by atoms with Crippen molar-refractivity contribution in [2.24, 2.45) is 5.92 Å². The van der Waals surface area contributed by atoms with Crippen LogP contribution in [0, 0.1) is 5.92 Å². The lowest BCUT2D eigenvalue weighted by Crippen LogP contribution is -2.38. The Hall–Kier alpha value is -2.69. The SMILES string of the molecule is CC1CCN(C(=O)c2cc(C(=O)N3CCc4ccccc43)ccn2)CC1. The van der Waals surface area contributed by atoms with Gasteiger partial charge in [-0.1, -0.05) is 25.1 Å². The monoisotopic (exact) mass is 349 g/mol. The molecule has 1 fully saturated rings. The predicted molar refractivity (Wildman–Crippen MR) is 100 cm³/mol. The molecule has 0 atom stereocenters. The minimum atomic E-state index is -0.0756. The highest BCUT2D eigenvalue weighted by atomic mass is 16.2. The minimum absolute atomic E-state index is 0.0707. The molecule has 0 radical (unpaired) electrons. The van der Waals surface area contributed by atoms with Crippen molar-refractivity contribution < 1.29 is 9.59 Å². The number of benzene rings is 1. The van der Waals surface area contributed by atoms with Crippen LogP contribution in [0.1, 0.15) is 46.2 Å². The first-order valence-electron chi connectivity index (χ1n) is 9.28. The Morgan fingerprint density at radius 3 is 2.62 bits per heavy atom. The zero-order valence-corrected chi connectivity index (χ0v) is 15.0. The quantitative estimate of drug-likeness (QED) is 0.837. The van der Waals surface area contributed by atoms with Crippen molar-refractivity contribution in [3.63, 3.8) is 0 Å². The predicted octanol–water partition coefficient (Wildman–Crippen LogP) is 3.16. The van der Waals surface area contributed by atoms with Crippen LogP contribution in [0.25, 0.3) is 0 Å². The van der Waals surface area contributed by atoms with Crippen molar-refractivity contribution in [3.8, 4) is 0 Å². The molecule has 2 aliphatic rings. The van der Waals surface area contributed by atoms with Gasteiger partial charge in [-0.3, -0.25) is 14.6 Å². The zero-order valence-electron chi connectivity index (χ0n) is 15.0. The number of carbonyl (C=O) groups excluding carboxylic acids is 2. The standard InChI is InChI=1S/C21H23N3O2/c1-15-7-11-23(12-8-15)21(26)18-14-17(6-10-22-18)20(25)24-13-9-16-4-2-3-5-19(16)24/h2-6,10,14-15H,7-9,11-13H2,1H3. The van der Waals surface area contributed by atoms with Crippen LogP contribution in [-0.4, -0.2) is 41.3 Å². The summed E-state index contributed by atoms with van der Waals surface area (Å²) in [7, 11) is 0. The number of nitrogens with zero attached hydrogens (tertiary/aromatic N) is 3. The fourth-order valence-electron chi connectivity index (χ4n) is 3.76. The number of aromatic nitrogens is 1. The van der Waals surface area contributed by atoms with Gasteiger partial charge in [0.05, 0.1) is 0 Å². The number of piperidine rings is 1. The van der Waals surface area contributed by atoms with E-state index in [0.717, 1.165) is 38.0 Å². The van der Waals surface area contributed by atoms with Crippen LogP contribution in [-0.2, 0) is 6.42 Å². The fourth-order valence-corrected chi connectivity index (χ4v) is 3.76. The molecule has 0 unspecified atom stereocenters. The van der Waals surface area contributed by atoms with Gasteiger partial charge in [-0.05, 0) is 48.9 Å². The summed E-state index contributed by atoms with van der Waals surface area (Å²) in [4.78, 5) is 33.6. The second kappa shape index (κ2) is 6.90. The van der Waals surface area contributed by atoms with Crippen LogP contribution in [0.2, 0.25) is 0 Å². The number of amides is 2. The van der Waals surface area contributed by atoms with Crippen LogP contribution in [0.4, 0.5) is 5.69 Å². The third-order valence-corrected chi connectivity index (χ3v) is 5.43. The second-order valence-electron chi connectivity index (χ2n) is 7.24. The molecule has 1 aromatic carbocycles. The Morgan fingerprint density at radius 1 is 1.04 bits per heavy atom. The Labute approximate surface area is 153 Å². The molecule has 3 heterocycles. The van der Waals surface area contributed by atoms with Crippen molar-refractivity contribution in [1.82, 2.24) is 9.88 Å². The summed E-state index contributed by atoms with van der Waals surface area (Å²) >= 11 is 0. The van der Waals surface area contributed by atoms with Gasteiger partial charge >= 0.3 is 0 Å². The van der Waals surface area contributed by atoms with Crippen LogP contribution >= 0.6 is 0 Å². The van der Waals surface area contributed by atoms with E-state index < -0.39 is 0 Å². The summed E-state index contributed by atoms with van der Waals surface area (Å²) in [6.07, 6.45) is 4.48. The molecule has 2 aliphatic heterocycles. The molecule has 0 N–H and O–H groups in total. The molecule has 0 aliphatic carbocycles. The van der Waals surface area contributed by atoms with E-state index in [9.17, 15) is 9.59 Å². The van der Waals surface area contributed by atoms with Gasteiger partial charge in [-0.25, -0.2) is 0 Å². The van der Waals surface area contributed by atoms with Gasteiger partial charge in [0.15, 0.2) is 0 Å². The molecule has 0 spiro atoms. The molecule has 5 heteroatoms. The van der Waals surface area contributed by atoms with Crippen LogP contribution in [0.3, 0.4) is 0 Å². The summed E-state index contributed by atoms with van der Waals surface area (Å²) in [5.74, 6) is 0.516. The van der Waals surface area contributed by atoms with E-state index in [4.69, 9.17) is 0 Å². The number of anilines is 1. The molecule has 4 rings (SSSR count). The van der Waals surface area contributed by atoms with Gasteiger partial charge in [0.1, 0.15) is 5.69 Å². The van der Waals surface area contributed by atoms with E-state index in [1.54, 1.807) is 23.2 Å². The highest BCUT2D eigenvalue weighted by Gasteiger charge is 2.27. The summed E-state index contributed by atoms with van der Waals surface area (Å²) < 4.78 is 0. The molecule has 134 valence electrons. The molecule has 5 nitrogen and oxygen atoms in total. The van der Waals surface area contributed by atoms with Crippen LogP contribution < -0.4 is 4.90 Å². The van der Waals surface area contributed by atoms with Crippen molar-refractivity contribution in [1.29, 1.82) is 0 Å². The number of para-hydroxylation sites is 1. The lowest BCUT2D eigenvalue weighted by atomic mass is 9.99. The van der Waals surface area contributed by atoms with Crippen molar-refractivity contribution >= 4 is 17.5 Å². The number of likely N-dealkylation sites (tertiary alicyclic amines) is 1. The number of fused-ring (bicyclic) bond motifs is 1. The molecular weight excluding hydrogens is 326 g/mol. The zero-order chi connectivity index (χ0) is 18.1. The van der Waals surface area contributed by atoms with Gasteiger partial charge in [-0.15, -0.1) is 0 Å². The maximum Gasteiger partial charge on any atom is 0.272 e. The first-order valence-corrected chi connectivity index (χ1v) is 9.28. The van der Waals surface area contributed by atoms with Gasteiger partial charge < -0.3 is 9.80 Å². The Bertz CT molecular complexity index is 841. The average Bonchev–Trinajstić information content (AvgIpc) is 3.12. The molecule has 1 saturated heterocycles. The Morgan fingerprint density at radius 2 is 1.81 bits per heavy atom. The lowest BCUT2D eigenvalue weighted by Gasteiger charge is -2.30. The normalized spacial score (nSPS) is 17.3. The van der Waals surface area contributed by atoms with Crippen molar-refractivity contribution in [2.45, 2.75) is 26.2 Å².